The first kappa shape index (κ1) is 10.7. The first-order valence-electron chi connectivity index (χ1n) is 5.29. The number of nitrogens with two attached hydrogens (primary N) is 1. The summed E-state index contributed by atoms with van der Waals surface area (Å²) in [6.45, 7) is 1.96. The lowest BCUT2D eigenvalue weighted by Crippen LogP contribution is -2.01. The van der Waals surface area contributed by atoms with E-state index in [9.17, 15) is 0 Å². The minimum atomic E-state index is 0.313. The lowest BCUT2D eigenvalue weighted by Gasteiger charge is -2.07. The standard InChI is InChI=1S/C12H9N5S/c1-7-16-9-5-10(8(14)4-11(9)18-7)17-3-2-15-12(17)6-13/h2-5H,14H2,1H3. The van der Waals surface area contributed by atoms with Gasteiger partial charge >= 0.3 is 0 Å². The van der Waals surface area contributed by atoms with Gasteiger partial charge in [0.2, 0.25) is 5.82 Å². The fourth-order valence-electron chi connectivity index (χ4n) is 1.88. The summed E-state index contributed by atoms with van der Waals surface area (Å²) >= 11 is 1.60. The summed E-state index contributed by atoms with van der Waals surface area (Å²) in [5.74, 6) is 0.313. The van der Waals surface area contributed by atoms with E-state index in [0.29, 0.717) is 11.5 Å². The molecule has 0 atom stereocenters. The number of rotatable bonds is 1. The van der Waals surface area contributed by atoms with E-state index in [1.54, 1.807) is 28.3 Å². The summed E-state index contributed by atoms with van der Waals surface area (Å²) in [5, 5.41) is 9.98. The molecule has 88 valence electrons. The van der Waals surface area contributed by atoms with Crippen LogP contribution in [0.3, 0.4) is 0 Å². The van der Waals surface area contributed by atoms with Crippen molar-refractivity contribution in [2.45, 2.75) is 6.92 Å². The Morgan fingerprint density at radius 1 is 1.44 bits per heavy atom. The molecule has 5 nitrogen and oxygen atoms in total. The van der Waals surface area contributed by atoms with Crippen LogP contribution in [-0.2, 0) is 0 Å². The van der Waals surface area contributed by atoms with E-state index in [1.807, 2.05) is 25.1 Å². The Kier molecular flexibility index (Phi) is 2.28. The van der Waals surface area contributed by atoms with Gasteiger partial charge in [0.1, 0.15) is 6.07 Å². The van der Waals surface area contributed by atoms with E-state index in [0.717, 1.165) is 20.9 Å². The minimum Gasteiger partial charge on any atom is -0.397 e. The van der Waals surface area contributed by atoms with Gasteiger partial charge < -0.3 is 5.73 Å². The monoisotopic (exact) mass is 255 g/mol. The number of nitriles is 1. The van der Waals surface area contributed by atoms with Crippen molar-refractivity contribution in [3.8, 4) is 11.8 Å². The summed E-state index contributed by atoms with van der Waals surface area (Å²) in [7, 11) is 0. The molecule has 18 heavy (non-hydrogen) atoms. The quantitative estimate of drug-likeness (QED) is 0.676. The van der Waals surface area contributed by atoms with Crippen LogP contribution in [0.4, 0.5) is 5.69 Å². The maximum absolute atomic E-state index is 8.99. The summed E-state index contributed by atoms with van der Waals surface area (Å²) in [4.78, 5) is 8.39. The molecule has 0 radical (unpaired) electrons. The number of aromatic nitrogens is 3. The van der Waals surface area contributed by atoms with Gasteiger partial charge in [-0.1, -0.05) is 0 Å². The van der Waals surface area contributed by atoms with Crippen LogP contribution < -0.4 is 5.73 Å². The average molecular weight is 255 g/mol. The molecule has 0 aliphatic carbocycles. The number of nitrogen functional groups attached to an aromatic ring is 1. The summed E-state index contributed by atoms with van der Waals surface area (Å²) in [6.07, 6.45) is 3.30. The molecule has 0 aliphatic heterocycles. The van der Waals surface area contributed by atoms with E-state index in [2.05, 4.69) is 9.97 Å². The van der Waals surface area contributed by atoms with Gasteiger partial charge in [-0.05, 0) is 19.1 Å². The van der Waals surface area contributed by atoms with E-state index in [1.165, 1.54) is 0 Å². The van der Waals surface area contributed by atoms with Gasteiger partial charge in [-0.15, -0.1) is 11.3 Å². The highest BCUT2D eigenvalue weighted by molar-refractivity contribution is 7.18. The summed E-state index contributed by atoms with van der Waals surface area (Å²) < 4.78 is 2.72. The molecule has 1 aromatic carbocycles. The molecule has 6 heteroatoms. The Balaban J connectivity index is 2.29. The fourth-order valence-corrected chi connectivity index (χ4v) is 2.74. The van der Waals surface area contributed by atoms with Crippen molar-refractivity contribution in [3.63, 3.8) is 0 Å². The third-order valence-electron chi connectivity index (χ3n) is 2.64. The van der Waals surface area contributed by atoms with Crippen molar-refractivity contribution in [1.82, 2.24) is 14.5 Å². The number of imidazole rings is 1. The third kappa shape index (κ3) is 1.53. The number of thiazole rings is 1. The Morgan fingerprint density at radius 2 is 2.28 bits per heavy atom. The van der Waals surface area contributed by atoms with Gasteiger partial charge in [-0.3, -0.25) is 4.57 Å². The van der Waals surface area contributed by atoms with E-state index in [-0.39, 0.29) is 0 Å². The highest BCUT2D eigenvalue weighted by Gasteiger charge is 2.10. The molecule has 0 aliphatic rings. The molecular formula is C12H9N5S. The van der Waals surface area contributed by atoms with Crippen LogP contribution >= 0.6 is 11.3 Å². The normalized spacial score (nSPS) is 10.7. The number of fused-ring (bicyclic) bond motifs is 1. The first-order valence-corrected chi connectivity index (χ1v) is 6.11. The van der Waals surface area contributed by atoms with Crippen molar-refractivity contribution < 1.29 is 0 Å². The highest BCUT2D eigenvalue weighted by atomic mass is 32.1. The summed E-state index contributed by atoms with van der Waals surface area (Å²) in [6, 6.07) is 5.80. The van der Waals surface area contributed by atoms with E-state index in [4.69, 9.17) is 11.0 Å². The zero-order valence-corrected chi connectivity index (χ0v) is 10.4. The molecule has 0 unspecified atom stereocenters. The molecule has 2 heterocycles. The second-order valence-electron chi connectivity index (χ2n) is 3.84. The predicted octanol–water partition coefficient (Wildman–Crippen LogP) is 2.24. The Labute approximate surface area is 107 Å². The Bertz CT molecular complexity index is 777. The molecule has 0 amide bonds. The van der Waals surface area contributed by atoms with Gasteiger partial charge in [0.15, 0.2) is 0 Å². The molecule has 0 fully saturated rings. The average Bonchev–Trinajstić information content (AvgIpc) is 2.92. The molecule has 0 spiro atoms. The maximum atomic E-state index is 8.99. The molecule has 0 bridgehead atoms. The minimum absolute atomic E-state index is 0.313. The van der Waals surface area contributed by atoms with Crippen molar-refractivity contribution in [2.75, 3.05) is 5.73 Å². The number of hydrogen-bond acceptors (Lipinski definition) is 5. The highest BCUT2D eigenvalue weighted by Crippen LogP contribution is 2.29. The van der Waals surface area contributed by atoms with Gasteiger partial charge in [0, 0.05) is 12.4 Å². The van der Waals surface area contributed by atoms with Crippen molar-refractivity contribution in [2.24, 2.45) is 0 Å². The number of hydrogen-bond donors (Lipinski definition) is 1. The molecule has 0 saturated heterocycles. The van der Waals surface area contributed by atoms with Gasteiger partial charge in [0.05, 0.1) is 26.6 Å². The zero-order valence-electron chi connectivity index (χ0n) is 9.58. The number of anilines is 1. The van der Waals surface area contributed by atoms with Crippen molar-refractivity contribution >= 4 is 27.2 Å². The largest absolute Gasteiger partial charge is 0.397 e. The Hall–Kier alpha value is -2.39. The smallest absolute Gasteiger partial charge is 0.217 e. The zero-order chi connectivity index (χ0) is 12.7. The van der Waals surface area contributed by atoms with Crippen LogP contribution in [0, 0.1) is 18.3 Å². The fraction of sp³-hybridized carbons (Fsp3) is 0.0833. The second kappa shape index (κ2) is 3.82. The Morgan fingerprint density at radius 3 is 3.06 bits per heavy atom. The van der Waals surface area contributed by atoms with Gasteiger partial charge in [-0.2, -0.15) is 5.26 Å². The lowest BCUT2D eigenvalue weighted by molar-refractivity contribution is 1.02. The maximum Gasteiger partial charge on any atom is 0.217 e. The number of benzene rings is 1. The summed E-state index contributed by atoms with van der Waals surface area (Å²) in [5.41, 5.74) is 8.27. The SMILES string of the molecule is Cc1nc2cc(-n3ccnc3C#N)c(N)cc2s1. The van der Waals surface area contributed by atoms with Crippen LogP contribution in [-0.4, -0.2) is 14.5 Å². The van der Waals surface area contributed by atoms with Crippen LogP contribution in [0.15, 0.2) is 24.5 Å². The molecule has 3 rings (SSSR count). The number of aryl methyl sites for hydroxylation is 1. The molecule has 0 saturated carbocycles. The van der Waals surface area contributed by atoms with Gasteiger partial charge in [-0.25, -0.2) is 9.97 Å². The molecule has 3 aromatic rings. The second-order valence-corrected chi connectivity index (χ2v) is 5.08. The van der Waals surface area contributed by atoms with Crippen LogP contribution in [0.1, 0.15) is 10.8 Å². The van der Waals surface area contributed by atoms with Crippen LogP contribution in [0.2, 0.25) is 0 Å². The van der Waals surface area contributed by atoms with Crippen molar-refractivity contribution in [3.05, 3.63) is 35.4 Å². The number of nitrogens with zero attached hydrogens (tertiary/aromatic N) is 4. The lowest BCUT2D eigenvalue weighted by atomic mass is 10.2. The van der Waals surface area contributed by atoms with E-state index < -0.39 is 0 Å². The third-order valence-corrected chi connectivity index (χ3v) is 3.58. The first-order chi connectivity index (χ1) is 8.69. The van der Waals surface area contributed by atoms with Gasteiger partial charge in [0.25, 0.3) is 0 Å². The topological polar surface area (TPSA) is 80.5 Å². The van der Waals surface area contributed by atoms with Crippen molar-refractivity contribution in [1.29, 1.82) is 5.26 Å². The molecule has 2 aromatic heterocycles. The van der Waals surface area contributed by atoms with Crippen LogP contribution in [0.5, 0.6) is 0 Å². The predicted molar refractivity (Wildman–Crippen MR) is 70.6 cm³/mol. The molecule has 2 N–H and O–H groups in total. The molecular weight excluding hydrogens is 246 g/mol. The van der Waals surface area contributed by atoms with Crippen LogP contribution in [0.25, 0.3) is 15.9 Å². The van der Waals surface area contributed by atoms with E-state index >= 15 is 0 Å².